The molecule has 0 atom stereocenters. The first kappa shape index (κ1) is 13.2. The van der Waals surface area contributed by atoms with Gasteiger partial charge in [0, 0.05) is 31.7 Å². The topological polar surface area (TPSA) is 33.1 Å². The lowest BCUT2D eigenvalue weighted by Crippen LogP contribution is -2.18. The van der Waals surface area contributed by atoms with Gasteiger partial charge < -0.3 is 9.88 Å². The summed E-state index contributed by atoms with van der Waals surface area (Å²) < 4.78 is 2.04. The second-order valence-corrected chi connectivity index (χ2v) is 5.49. The van der Waals surface area contributed by atoms with Gasteiger partial charge in [-0.05, 0) is 43.6 Å². The maximum atomic E-state index is 4.31. The molecule has 0 spiro atoms. The van der Waals surface area contributed by atoms with E-state index >= 15 is 0 Å². The smallest absolute Gasteiger partial charge is 0.127 e. The number of benzene rings is 1. The molecule has 0 bridgehead atoms. The van der Waals surface area contributed by atoms with Crippen molar-refractivity contribution in [3.8, 4) is 0 Å². The van der Waals surface area contributed by atoms with Crippen molar-refractivity contribution >= 4 is 5.69 Å². The van der Waals surface area contributed by atoms with Gasteiger partial charge in [-0.2, -0.15) is 0 Å². The van der Waals surface area contributed by atoms with E-state index in [1.54, 1.807) is 0 Å². The van der Waals surface area contributed by atoms with Crippen LogP contribution in [-0.2, 0) is 20.1 Å². The summed E-state index contributed by atoms with van der Waals surface area (Å²) in [6, 6.07) is 8.76. The molecule has 0 unspecified atom stereocenters. The monoisotopic (exact) mass is 270 g/mol. The molecule has 1 aromatic heterocycles. The van der Waals surface area contributed by atoms with Crippen molar-refractivity contribution in [2.24, 2.45) is 7.05 Å². The maximum Gasteiger partial charge on any atom is 0.127 e. The molecule has 1 N–H and O–H groups in total. The molecular weight excluding hydrogens is 248 g/mol. The Hall–Kier alpha value is -1.81. The van der Waals surface area contributed by atoms with Crippen molar-refractivity contribution in [3.63, 3.8) is 0 Å². The van der Waals surface area contributed by atoms with E-state index in [2.05, 4.69) is 39.5 Å². The van der Waals surface area contributed by atoms with Gasteiger partial charge in [0.15, 0.2) is 0 Å². The summed E-state index contributed by atoms with van der Waals surface area (Å²) in [5.74, 6) is 1.05. The minimum Gasteiger partial charge on any atom is -0.378 e. The average molecular weight is 270 g/mol. The van der Waals surface area contributed by atoms with Crippen molar-refractivity contribution in [2.45, 2.75) is 25.9 Å². The third kappa shape index (κ3) is 3.20. The highest BCUT2D eigenvalue weighted by molar-refractivity contribution is 5.44. The molecule has 4 nitrogen and oxygen atoms in total. The fourth-order valence-electron chi connectivity index (χ4n) is 2.67. The Kier molecular flexibility index (Phi) is 4.02. The lowest BCUT2D eigenvalue weighted by molar-refractivity contribution is 0.331. The van der Waals surface area contributed by atoms with Crippen LogP contribution in [0.4, 0.5) is 5.69 Å². The van der Waals surface area contributed by atoms with Crippen LogP contribution in [-0.4, -0.2) is 27.5 Å². The van der Waals surface area contributed by atoms with Gasteiger partial charge >= 0.3 is 0 Å². The van der Waals surface area contributed by atoms with Crippen molar-refractivity contribution < 1.29 is 0 Å². The first-order chi connectivity index (χ1) is 9.81. The summed E-state index contributed by atoms with van der Waals surface area (Å²) in [7, 11) is 2.02. The van der Waals surface area contributed by atoms with Crippen LogP contribution in [0.25, 0.3) is 0 Å². The van der Waals surface area contributed by atoms with Gasteiger partial charge in [0.25, 0.3) is 0 Å². The summed E-state index contributed by atoms with van der Waals surface area (Å²) in [5.41, 5.74) is 2.55. The fraction of sp³-hybridized carbons (Fsp3) is 0.438. The van der Waals surface area contributed by atoms with Crippen molar-refractivity contribution in [1.82, 2.24) is 14.5 Å². The number of imidazole rings is 1. The van der Waals surface area contributed by atoms with Gasteiger partial charge in [-0.1, -0.05) is 12.1 Å². The van der Waals surface area contributed by atoms with E-state index in [1.165, 1.54) is 31.5 Å². The number of likely N-dealkylation sites (tertiary alicyclic amines) is 1. The molecule has 20 heavy (non-hydrogen) atoms. The first-order valence-corrected chi connectivity index (χ1v) is 7.32. The Morgan fingerprint density at radius 2 is 1.90 bits per heavy atom. The molecule has 1 aliphatic heterocycles. The Morgan fingerprint density at radius 1 is 1.15 bits per heavy atom. The molecule has 2 heterocycles. The number of anilines is 1. The van der Waals surface area contributed by atoms with Crippen molar-refractivity contribution in [2.75, 3.05) is 18.4 Å². The summed E-state index contributed by atoms with van der Waals surface area (Å²) in [6.07, 6.45) is 6.50. The molecule has 1 aromatic carbocycles. The van der Waals surface area contributed by atoms with Gasteiger partial charge in [-0.3, -0.25) is 4.90 Å². The highest BCUT2D eigenvalue weighted by Crippen LogP contribution is 2.15. The molecule has 0 radical (unpaired) electrons. The lowest BCUT2D eigenvalue weighted by atomic mass is 10.2. The lowest BCUT2D eigenvalue weighted by Gasteiger charge is -2.15. The van der Waals surface area contributed by atoms with Crippen LogP contribution in [0.2, 0.25) is 0 Å². The van der Waals surface area contributed by atoms with Crippen molar-refractivity contribution in [1.29, 1.82) is 0 Å². The predicted molar refractivity (Wildman–Crippen MR) is 81.5 cm³/mol. The van der Waals surface area contributed by atoms with Crippen LogP contribution in [0.1, 0.15) is 24.2 Å². The minimum atomic E-state index is 0.759. The Bertz CT molecular complexity index is 538. The molecule has 106 valence electrons. The van der Waals surface area contributed by atoms with Crippen LogP contribution < -0.4 is 5.32 Å². The van der Waals surface area contributed by atoms with E-state index in [9.17, 15) is 0 Å². The molecule has 1 saturated heterocycles. The fourth-order valence-corrected chi connectivity index (χ4v) is 2.67. The summed E-state index contributed by atoms with van der Waals surface area (Å²) in [6.45, 7) is 4.34. The van der Waals surface area contributed by atoms with E-state index in [1.807, 2.05) is 24.0 Å². The Labute approximate surface area is 120 Å². The molecule has 2 aromatic rings. The standard InChI is InChI=1S/C16H22N4/c1-19-11-8-17-16(19)12-18-15-6-4-14(5-7-15)13-20-9-2-3-10-20/h4-8,11,18H,2-3,9-10,12-13H2,1H3. The van der Waals surface area contributed by atoms with Crippen LogP contribution in [0.3, 0.4) is 0 Å². The average Bonchev–Trinajstić information content (AvgIpc) is 3.10. The Morgan fingerprint density at radius 3 is 2.55 bits per heavy atom. The highest BCUT2D eigenvalue weighted by Gasteiger charge is 2.11. The SMILES string of the molecule is Cn1ccnc1CNc1ccc(CN2CCCC2)cc1. The predicted octanol–water partition coefficient (Wildman–Crippen LogP) is 2.63. The normalized spacial score (nSPS) is 15.7. The largest absolute Gasteiger partial charge is 0.378 e. The Balaban J connectivity index is 1.54. The van der Waals surface area contributed by atoms with Crippen LogP contribution >= 0.6 is 0 Å². The molecule has 1 fully saturated rings. The van der Waals surface area contributed by atoms with Crippen LogP contribution in [0, 0.1) is 0 Å². The zero-order valence-electron chi connectivity index (χ0n) is 12.0. The third-order valence-corrected chi connectivity index (χ3v) is 3.93. The first-order valence-electron chi connectivity index (χ1n) is 7.32. The van der Waals surface area contributed by atoms with E-state index < -0.39 is 0 Å². The van der Waals surface area contributed by atoms with Crippen LogP contribution in [0.15, 0.2) is 36.7 Å². The zero-order valence-corrected chi connectivity index (χ0v) is 12.0. The molecule has 4 heteroatoms. The third-order valence-electron chi connectivity index (χ3n) is 3.93. The zero-order chi connectivity index (χ0) is 13.8. The second kappa shape index (κ2) is 6.09. The number of aryl methyl sites for hydroxylation is 1. The van der Waals surface area contributed by atoms with Gasteiger partial charge in [-0.25, -0.2) is 4.98 Å². The number of aromatic nitrogens is 2. The number of hydrogen-bond acceptors (Lipinski definition) is 3. The molecule has 0 saturated carbocycles. The van der Waals surface area contributed by atoms with E-state index in [0.717, 1.165) is 24.6 Å². The second-order valence-electron chi connectivity index (χ2n) is 5.49. The minimum absolute atomic E-state index is 0.759. The van der Waals surface area contributed by atoms with Gasteiger partial charge in [-0.15, -0.1) is 0 Å². The maximum absolute atomic E-state index is 4.31. The quantitative estimate of drug-likeness (QED) is 0.906. The number of nitrogens with one attached hydrogen (secondary N) is 1. The highest BCUT2D eigenvalue weighted by atomic mass is 15.1. The summed E-state index contributed by atoms with van der Waals surface area (Å²) >= 11 is 0. The summed E-state index contributed by atoms with van der Waals surface area (Å²) in [4.78, 5) is 6.83. The molecule has 1 aliphatic rings. The van der Waals surface area contributed by atoms with Gasteiger partial charge in [0.2, 0.25) is 0 Å². The van der Waals surface area contributed by atoms with E-state index in [4.69, 9.17) is 0 Å². The molecule has 0 amide bonds. The number of nitrogens with zero attached hydrogens (tertiary/aromatic N) is 3. The van der Waals surface area contributed by atoms with Crippen molar-refractivity contribution in [3.05, 3.63) is 48.0 Å². The number of hydrogen-bond donors (Lipinski definition) is 1. The van der Waals surface area contributed by atoms with Crippen LogP contribution in [0.5, 0.6) is 0 Å². The number of rotatable bonds is 5. The van der Waals surface area contributed by atoms with E-state index in [-0.39, 0.29) is 0 Å². The van der Waals surface area contributed by atoms with E-state index in [0.29, 0.717) is 0 Å². The molecular formula is C16H22N4. The molecule has 3 rings (SSSR count). The molecule has 0 aliphatic carbocycles. The van der Waals surface area contributed by atoms with Gasteiger partial charge in [0.1, 0.15) is 5.82 Å². The summed E-state index contributed by atoms with van der Waals surface area (Å²) in [5, 5.41) is 3.41. The van der Waals surface area contributed by atoms with Gasteiger partial charge in [0.05, 0.1) is 6.54 Å².